The van der Waals surface area contributed by atoms with E-state index in [1.807, 2.05) is 37.3 Å². The lowest BCUT2D eigenvalue weighted by molar-refractivity contribution is 0.123. The molecule has 0 saturated carbocycles. The van der Waals surface area contributed by atoms with E-state index in [-0.39, 0.29) is 6.54 Å². The fourth-order valence-electron chi connectivity index (χ4n) is 2.10. The first-order chi connectivity index (χ1) is 10.0. The van der Waals surface area contributed by atoms with Crippen LogP contribution in [0.15, 0.2) is 53.2 Å². The van der Waals surface area contributed by atoms with Crippen molar-refractivity contribution in [1.29, 1.82) is 0 Å². The van der Waals surface area contributed by atoms with Crippen molar-refractivity contribution in [2.45, 2.75) is 13.3 Å². The smallest absolute Gasteiger partial charge is 0.256 e. The highest BCUT2D eigenvalue weighted by Gasteiger charge is 2.22. The molecule has 0 saturated heterocycles. The Hall–Kier alpha value is -1.62. The summed E-state index contributed by atoms with van der Waals surface area (Å²) in [4.78, 5) is 1.52. The van der Waals surface area contributed by atoms with Gasteiger partial charge in [-0.1, -0.05) is 6.58 Å². The summed E-state index contributed by atoms with van der Waals surface area (Å²) in [6.45, 7) is 5.98. The molecule has 1 aromatic rings. The van der Waals surface area contributed by atoms with Crippen molar-refractivity contribution in [1.82, 2.24) is 4.90 Å². The molecule has 0 aromatic heterocycles. The Balaban J connectivity index is 2.31. The van der Waals surface area contributed by atoms with Gasteiger partial charge in [-0.05, 0) is 64.8 Å². The zero-order valence-corrected chi connectivity index (χ0v) is 13.2. The normalized spacial score (nSPS) is 15.1. The minimum Gasteiger partial charge on any atom is -0.494 e. The molecule has 1 heterocycles. The third-order valence-electron chi connectivity index (χ3n) is 3.06. The quantitative estimate of drug-likeness (QED) is 0.752. The van der Waals surface area contributed by atoms with Gasteiger partial charge in [-0.3, -0.25) is 0 Å². The fourth-order valence-corrected chi connectivity index (χ4v) is 2.45. The van der Waals surface area contributed by atoms with Crippen LogP contribution in [0.4, 0.5) is 8.78 Å². The molecule has 5 heteroatoms. The second-order valence-corrected chi connectivity index (χ2v) is 5.33. The lowest BCUT2D eigenvalue weighted by Crippen LogP contribution is -2.28. The largest absolute Gasteiger partial charge is 0.494 e. The molecule has 0 N–H and O–H groups in total. The van der Waals surface area contributed by atoms with Crippen LogP contribution in [0, 0.1) is 0 Å². The zero-order chi connectivity index (χ0) is 15.4. The Bertz CT molecular complexity index is 578. The Kier molecular flexibility index (Phi) is 5.17. The number of rotatable bonds is 5. The van der Waals surface area contributed by atoms with Crippen LogP contribution < -0.4 is 4.74 Å². The minimum absolute atomic E-state index is 0.388. The van der Waals surface area contributed by atoms with Crippen LogP contribution in [-0.4, -0.2) is 24.5 Å². The standard InChI is InChI=1S/C16H16BrF2NO/c1-3-21-13-6-4-12(5-7-13)15-9-8-14(17)11(2)20(15)10-16(18)19/h4-9,16H,2-3,10H2,1H3. The first-order valence-electron chi connectivity index (χ1n) is 6.58. The van der Waals surface area contributed by atoms with Gasteiger partial charge in [0.1, 0.15) is 5.75 Å². The fraction of sp³-hybridized carbons (Fsp3) is 0.250. The molecule has 0 bridgehead atoms. The van der Waals surface area contributed by atoms with E-state index in [9.17, 15) is 8.78 Å². The number of hydrogen-bond donors (Lipinski definition) is 0. The molecule has 1 aromatic carbocycles. The number of ether oxygens (including phenoxy) is 1. The summed E-state index contributed by atoms with van der Waals surface area (Å²) in [5.41, 5.74) is 2.07. The molecule has 2 nitrogen and oxygen atoms in total. The van der Waals surface area contributed by atoms with Gasteiger partial charge in [0.25, 0.3) is 6.43 Å². The van der Waals surface area contributed by atoms with Crippen LogP contribution in [0.25, 0.3) is 5.70 Å². The van der Waals surface area contributed by atoms with Crippen molar-refractivity contribution < 1.29 is 13.5 Å². The first kappa shape index (κ1) is 15.8. The van der Waals surface area contributed by atoms with E-state index in [2.05, 4.69) is 22.5 Å². The molecule has 0 fully saturated rings. The van der Waals surface area contributed by atoms with Crippen molar-refractivity contribution in [3.05, 3.63) is 58.7 Å². The molecular formula is C16H16BrF2NO. The van der Waals surface area contributed by atoms with Gasteiger partial charge in [-0.15, -0.1) is 0 Å². The molecule has 1 aliphatic heterocycles. The Morgan fingerprint density at radius 1 is 1.24 bits per heavy atom. The van der Waals surface area contributed by atoms with E-state index in [1.54, 1.807) is 6.08 Å². The molecule has 0 radical (unpaired) electrons. The van der Waals surface area contributed by atoms with E-state index in [0.717, 1.165) is 11.3 Å². The molecule has 112 valence electrons. The van der Waals surface area contributed by atoms with Gasteiger partial charge in [-0.2, -0.15) is 0 Å². The lowest BCUT2D eigenvalue weighted by Gasteiger charge is -2.31. The Morgan fingerprint density at radius 2 is 1.90 bits per heavy atom. The molecule has 2 rings (SSSR count). The summed E-state index contributed by atoms with van der Waals surface area (Å²) in [5, 5.41) is 0. The van der Waals surface area contributed by atoms with Crippen molar-refractivity contribution >= 4 is 21.6 Å². The second-order valence-electron chi connectivity index (χ2n) is 4.47. The minimum atomic E-state index is -2.44. The molecule has 0 atom stereocenters. The molecule has 0 aliphatic carbocycles. The average molecular weight is 356 g/mol. The summed E-state index contributed by atoms with van der Waals surface area (Å²) in [6.07, 6.45) is 1.18. The lowest BCUT2D eigenvalue weighted by atomic mass is 10.1. The van der Waals surface area contributed by atoms with Crippen LogP contribution in [0.5, 0.6) is 5.75 Å². The van der Waals surface area contributed by atoms with Crippen molar-refractivity contribution in [2.75, 3.05) is 13.2 Å². The molecule has 21 heavy (non-hydrogen) atoms. The Labute approximate surface area is 131 Å². The summed E-state index contributed by atoms with van der Waals surface area (Å²) in [7, 11) is 0. The van der Waals surface area contributed by atoms with Crippen LogP contribution in [0.3, 0.4) is 0 Å². The zero-order valence-electron chi connectivity index (χ0n) is 11.7. The average Bonchev–Trinajstić information content (AvgIpc) is 2.45. The maximum absolute atomic E-state index is 12.8. The highest BCUT2D eigenvalue weighted by atomic mass is 79.9. The number of allylic oxidation sites excluding steroid dienone is 3. The summed E-state index contributed by atoms with van der Waals surface area (Å²) in [6, 6.07) is 7.37. The predicted molar refractivity (Wildman–Crippen MR) is 84.4 cm³/mol. The number of benzene rings is 1. The van der Waals surface area contributed by atoms with Crippen molar-refractivity contribution in [2.24, 2.45) is 0 Å². The van der Waals surface area contributed by atoms with Crippen LogP contribution in [0.1, 0.15) is 12.5 Å². The maximum atomic E-state index is 12.8. The molecule has 0 amide bonds. The van der Waals surface area contributed by atoms with Gasteiger partial charge in [0, 0.05) is 15.9 Å². The highest BCUT2D eigenvalue weighted by molar-refractivity contribution is 9.12. The van der Waals surface area contributed by atoms with Gasteiger partial charge in [0.2, 0.25) is 0 Å². The molecular weight excluding hydrogens is 340 g/mol. The van der Waals surface area contributed by atoms with Crippen LogP contribution in [0.2, 0.25) is 0 Å². The highest BCUT2D eigenvalue weighted by Crippen LogP contribution is 2.34. The second kappa shape index (κ2) is 6.89. The number of nitrogens with zero attached hydrogens (tertiary/aromatic N) is 1. The third kappa shape index (κ3) is 3.73. The SMILES string of the molecule is C=C1C(Br)=CC=C(c2ccc(OCC)cc2)N1CC(F)F. The number of hydrogen-bond acceptors (Lipinski definition) is 2. The van der Waals surface area contributed by atoms with Crippen LogP contribution >= 0.6 is 15.9 Å². The molecule has 0 spiro atoms. The van der Waals surface area contributed by atoms with Gasteiger partial charge < -0.3 is 9.64 Å². The first-order valence-corrected chi connectivity index (χ1v) is 7.38. The van der Waals surface area contributed by atoms with E-state index >= 15 is 0 Å². The topological polar surface area (TPSA) is 12.5 Å². The van der Waals surface area contributed by atoms with Gasteiger partial charge in [0.05, 0.1) is 13.2 Å². The molecule has 1 aliphatic rings. The van der Waals surface area contributed by atoms with Crippen LogP contribution in [-0.2, 0) is 0 Å². The predicted octanol–water partition coefficient (Wildman–Crippen LogP) is 4.80. The van der Waals surface area contributed by atoms with Gasteiger partial charge >= 0.3 is 0 Å². The van der Waals surface area contributed by atoms with Crippen molar-refractivity contribution in [3.63, 3.8) is 0 Å². The van der Waals surface area contributed by atoms with Crippen molar-refractivity contribution in [3.8, 4) is 5.75 Å². The monoisotopic (exact) mass is 355 g/mol. The summed E-state index contributed by atoms with van der Waals surface area (Å²) in [5.74, 6) is 0.758. The third-order valence-corrected chi connectivity index (χ3v) is 3.78. The maximum Gasteiger partial charge on any atom is 0.256 e. The Morgan fingerprint density at radius 3 is 2.48 bits per heavy atom. The summed E-state index contributed by atoms with van der Waals surface area (Å²) < 4.78 is 31.7. The van der Waals surface area contributed by atoms with Gasteiger partial charge in [0.15, 0.2) is 0 Å². The summed E-state index contributed by atoms with van der Waals surface area (Å²) >= 11 is 3.33. The number of halogens is 3. The van der Waals surface area contributed by atoms with Gasteiger partial charge in [-0.25, -0.2) is 8.78 Å². The van der Waals surface area contributed by atoms with E-state index in [4.69, 9.17) is 4.74 Å². The molecule has 0 unspecified atom stereocenters. The van der Waals surface area contributed by atoms with E-state index in [0.29, 0.717) is 22.5 Å². The van der Waals surface area contributed by atoms with E-state index < -0.39 is 6.43 Å². The van der Waals surface area contributed by atoms with E-state index in [1.165, 1.54) is 4.90 Å². The number of alkyl halides is 2.